The molecule has 1 N–H and O–H groups in total. The molecule has 0 fully saturated rings. The van der Waals surface area contributed by atoms with Crippen LogP contribution in [0, 0.1) is 11.8 Å². The minimum Gasteiger partial charge on any atom is -0.507 e. The van der Waals surface area contributed by atoms with Crippen molar-refractivity contribution in [2.24, 2.45) is 11.8 Å². The summed E-state index contributed by atoms with van der Waals surface area (Å²) in [4.78, 5) is 15.4. The molecule has 0 aliphatic rings. The number of rotatable bonds is 7. The van der Waals surface area contributed by atoms with Crippen LogP contribution in [0.4, 0.5) is 13.2 Å². The van der Waals surface area contributed by atoms with Crippen molar-refractivity contribution in [3.63, 3.8) is 0 Å². The van der Waals surface area contributed by atoms with Crippen LogP contribution in [0.3, 0.4) is 0 Å². The number of halogens is 4. The molecule has 3 aromatic rings. The summed E-state index contributed by atoms with van der Waals surface area (Å²) in [6, 6.07) is 8.67. The van der Waals surface area contributed by atoms with Gasteiger partial charge in [-0.1, -0.05) is 55.8 Å². The fourth-order valence-corrected chi connectivity index (χ4v) is 4.26. The third-order valence-corrected chi connectivity index (χ3v) is 5.69. The molecule has 0 aliphatic heterocycles. The second-order valence-corrected chi connectivity index (χ2v) is 9.98. The number of aromatic hydroxyl groups is 1. The van der Waals surface area contributed by atoms with Gasteiger partial charge in [0.1, 0.15) is 11.3 Å². The summed E-state index contributed by atoms with van der Waals surface area (Å²) < 4.78 is 48.2. The van der Waals surface area contributed by atoms with Gasteiger partial charge in [-0.05, 0) is 41.7 Å². The summed E-state index contributed by atoms with van der Waals surface area (Å²) in [5.74, 6) is -0.952. The van der Waals surface area contributed by atoms with E-state index < -0.39 is 22.9 Å². The zero-order valence-corrected chi connectivity index (χ0v) is 20.5. The number of hydrogen-bond donors (Lipinski definition) is 1. The number of benzene rings is 2. The molecule has 3 rings (SSSR count). The second-order valence-electron chi connectivity index (χ2n) is 9.06. The number of fused-ring (bicyclic) bond motifs is 1. The molecule has 0 atom stereocenters. The number of nitrogens with zero attached hydrogens (tertiary/aromatic N) is 1. The summed E-state index contributed by atoms with van der Waals surface area (Å²) in [7, 11) is 0. The molecule has 0 amide bonds. The Labute approximate surface area is 199 Å². The molecule has 0 saturated heterocycles. The standard InChI is InChI=1S/C25H27BrF3NO3/c1-14(2)11-30(12-15(3)4)13-19-20(31)10-9-18-22(32)21(16-5-7-17(26)8-6-16)24(25(27,28)29)33-23(18)19/h5-10,14-15,31H,11-13H2,1-4H3. The van der Waals surface area contributed by atoms with Gasteiger partial charge in [0.15, 0.2) is 0 Å². The Kier molecular flexibility index (Phi) is 7.59. The molecule has 33 heavy (non-hydrogen) atoms. The minimum atomic E-state index is -4.89. The van der Waals surface area contributed by atoms with Gasteiger partial charge in [-0.25, -0.2) is 0 Å². The topological polar surface area (TPSA) is 53.7 Å². The Hall–Kier alpha value is -2.32. The first-order valence-corrected chi connectivity index (χ1v) is 11.5. The van der Waals surface area contributed by atoms with Crippen LogP contribution in [-0.2, 0) is 12.7 Å². The van der Waals surface area contributed by atoms with E-state index in [1.54, 1.807) is 12.1 Å². The lowest BCUT2D eigenvalue weighted by molar-refractivity contribution is -0.152. The summed E-state index contributed by atoms with van der Waals surface area (Å²) in [6.07, 6.45) is -4.89. The predicted octanol–water partition coefficient (Wildman–Crippen LogP) is 7.06. The van der Waals surface area contributed by atoms with Gasteiger partial charge in [-0.2, -0.15) is 13.2 Å². The maximum absolute atomic E-state index is 14.0. The van der Waals surface area contributed by atoms with Crippen LogP contribution in [0.25, 0.3) is 22.1 Å². The third kappa shape index (κ3) is 5.79. The molecular formula is C25H27BrF3NO3. The largest absolute Gasteiger partial charge is 0.507 e. The number of phenolic OH excluding ortho intramolecular Hbond substituents is 1. The average molecular weight is 526 g/mol. The van der Waals surface area contributed by atoms with Crippen molar-refractivity contribution in [1.82, 2.24) is 4.90 Å². The molecule has 178 valence electrons. The Bertz CT molecular complexity index is 1170. The van der Waals surface area contributed by atoms with Crippen LogP contribution < -0.4 is 5.43 Å². The molecule has 0 bridgehead atoms. The van der Waals surface area contributed by atoms with Crippen LogP contribution in [0.1, 0.15) is 39.0 Å². The Morgan fingerprint density at radius 3 is 2.09 bits per heavy atom. The van der Waals surface area contributed by atoms with Crippen molar-refractivity contribution in [3.8, 4) is 16.9 Å². The van der Waals surface area contributed by atoms with Crippen molar-refractivity contribution >= 4 is 26.9 Å². The first-order valence-electron chi connectivity index (χ1n) is 10.8. The minimum absolute atomic E-state index is 0.00256. The first kappa shape index (κ1) is 25.3. The summed E-state index contributed by atoms with van der Waals surface area (Å²) in [6.45, 7) is 9.71. The summed E-state index contributed by atoms with van der Waals surface area (Å²) in [5.41, 5.74) is -1.27. The molecule has 2 aromatic carbocycles. The Balaban J connectivity index is 2.27. The van der Waals surface area contributed by atoms with Gasteiger partial charge in [0.05, 0.1) is 16.5 Å². The first-order chi connectivity index (χ1) is 15.4. The third-order valence-electron chi connectivity index (χ3n) is 5.16. The van der Waals surface area contributed by atoms with E-state index in [1.807, 2.05) is 27.7 Å². The highest BCUT2D eigenvalue weighted by atomic mass is 79.9. The van der Waals surface area contributed by atoms with Crippen molar-refractivity contribution in [3.05, 3.63) is 62.4 Å². The normalized spacial score (nSPS) is 12.5. The van der Waals surface area contributed by atoms with Crippen LogP contribution >= 0.6 is 15.9 Å². The van der Waals surface area contributed by atoms with Crippen molar-refractivity contribution in [2.75, 3.05) is 13.1 Å². The van der Waals surface area contributed by atoms with E-state index in [4.69, 9.17) is 4.42 Å². The van der Waals surface area contributed by atoms with E-state index in [9.17, 15) is 23.1 Å². The second kappa shape index (κ2) is 9.89. The predicted molar refractivity (Wildman–Crippen MR) is 127 cm³/mol. The van der Waals surface area contributed by atoms with Crippen molar-refractivity contribution < 1.29 is 22.7 Å². The van der Waals surface area contributed by atoms with Crippen LogP contribution in [0.15, 0.2) is 50.1 Å². The van der Waals surface area contributed by atoms with Crippen LogP contribution in [0.5, 0.6) is 5.75 Å². The van der Waals surface area contributed by atoms with Crippen LogP contribution in [0.2, 0.25) is 0 Å². The molecule has 0 spiro atoms. The summed E-state index contributed by atoms with van der Waals surface area (Å²) >= 11 is 3.25. The molecule has 1 aromatic heterocycles. The zero-order valence-electron chi connectivity index (χ0n) is 19.0. The van der Waals surface area contributed by atoms with Gasteiger partial charge in [-0.3, -0.25) is 9.69 Å². The lowest BCUT2D eigenvalue weighted by Crippen LogP contribution is -2.31. The van der Waals surface area contributed by atoms with Crippen molar-refractivity contribution in [1.29, 1.82) is 0 Å². The SMILES string of the molecule is CC(C)CN(Cc1c(O)ccc2c(=O)c(-c3ccc(Br)cc3)c(C(F)(F)F)oc12)CC(C)C. The molecule has 0 saturated carbocycles. The molecule has 0 unspecified atom stereocenters. The van der Waals surface area contributed by atoms with Crippen LogP contribution in [-0.4, -0.2) is 23.1 Å². The zero-order chi connectivity index (χ0) is 24.5. The molecule has 0 aliphatic carbocycles. The monoisotopic (exact) mass is 525 g/mol. The highest BCUT2D eigenvalue weighted by molar-refractivity contribution is 9.10. The smallest absolute Gasteiger partial charge is 0.450 e. The lowest BCUT2D eigenvalue weighted by Gasteiger charge is -2.27. The Morgan fingerprint density at radius 2 is 1.58 bits per heavy atom. The molecule has 8 heteroatoms. The highest BCUT2D eigenvalue weighted by Gasteiger charge is 2.40. The van der Waals surface area contributed by atoms with Gasteiger partial charge in [0.25, 0.3) is 0 Å². The lowest BCUT2D eigenvalue weighted by atomic mass is 10.00. The number of alkyl halides is 3. The fraction of sp³-hybridized carbons (Fsp3) is 0.400. The molecule has 1 heterocycles. The van der Waals surface area contributed by atoms with E-state index in [2.05, 4.69) is 20.8 Å². The Morgan fingerprint density at radius 1 is 1.00 bits per heavy atom. The van der Waals surface area contributed by atoms with E-state index >= 15 is 0 Å². The van der Waals surface area contributed by atoms with Gasteiger partial charge in [0.2, 0.25) is 11.2 Å². The van der Waals surface area contributed by atoms with E-state index in [1.165, 1.54) is 24.3 Å². The quantitative estimate of drug-likeness (QED) is 0.358. The van der Waals surface area contributed by atoms with Gasteiger partial charge >= 0.3 is 6.18 Å². The van der Waals surface area contributed by atoms with E-state index in [0.29, 0.717) is 29.4 Å². The number of phenols is 1. The average Bonchev–Trinajstić information content (AvgIpc) is 2.69. The summed E-state index contributed by atoms with van der Waals surface area (Å²) in [5, 5.41) is 10.6. The van der Waals surface area contributed by atoms with E-state index in [0.717, 1.165) is 0 Å². The van der Waals surface area contributed by atoms with Gasteiger partial charge in [0, 0.05) is 24.1 Å². The fourth-order valence-electron chi connectivity index (χ4n) is 3.99. The van der Waals surface area contributed by atoms with E-state index in [-0.39, 0.29) is 34.4 Å². The maximum atomic E-state index is 14.0. The number of hydrogen-bond acceptors (Lipinski definition) is 4. The van der Waals surface area contributed by atoms with Crippen molar-refractivity contribution in [2.45, 2.75) is 40.4 Å². The van der Waals surface area contributed by atoms with Gasteiger partial charge < -0.3 is 9.52 Å². The molecule has 4 nitrogen and oxygen atoms in total. The highest BCUT2D eigenvalue weighted by Crippen LogP contribution is 2.39. The maximum Gasteiger partial charge on any atom is 0.450 e. The molecule has 0 radical (unpaired) electrons. The van der Waals surface area contributed by atoms with Gasteiger partial charge in [-0.15, -0.1) is 0 Å². The molecular weight excluding hydrogens is 499 g/mol.